The van der Waals surface area contributed by atoms with E-state index in [2.05, 4.69) is 67.3 Å². The highest BCUT2D eigenvalue weighted by molar-refractivity contribution is 9.11. The number of likely N-dealkylation sites (N-methyl/N-ethyl adjacent to an activating group) is 1. The molecule has 2 aromatic rings. The normalized spacial score (nSPS) is 12.6. The summed E-state index contributed by atoms with van der Waals surface area (Å²) in [6.45, 7) is 3.07. The first-order valence-corrected chi connectivity index (χ1v) is 8.23. The smallest absolute Gasteiger partial charge is 0.0943 e. The predicted octanol–water partition coefficient (Wildman–Crippen LogP) is 4.56. The molecule has 0 bridgehead atoms. The van der Waals surface area contributed by atoms with Crippen LogP contribution in [0.15, 0.2) is 38.7 Å². The van der Waals surface area contributed by atoms with Gasteiger partial charge in [0, 0.05) is 33.0 Å². The van der Waals surface area contributed by atoms with E-state index in [1.165, 1.54) is 5.56 Å². The molecule has 1 aromatic heterocycles. The molecule has 0 saturated carbocycles. The Balaban J connectivity index is 2.23. The molecule has 2 rings (SSSR count). The Bertz CT molecular complexity index is 479. The van der Waals surface area contributed by atoms with Crippen molar-refractivity contribution in [3.8, 4) is 0 Å². The lowest BCUT2D eigenvalue weighted by atomic mass is 10.0. The van der Waals surface area contributed by atoms with E-state index in [9.17, 15) is 0 Å². The largest absolute Gasteiger partial charge is 0.310 e. The highest BCUT2D eigenvalue weighted by atomic mass is 79.9. The van der Waals surface area contributed by atoms with Crippen molar-refractivity contribution >= 4 is 43.2 Å². The Labute approximate surface area is 128 Å². The molecule has 5 heteroatoms. The van der Waals surface area contributed by atoms with Crippen LogP contribution in [0, 0.1) is 0 Å². The summed E-state index contributed by atoms with van der Waals surface area (Å²) in [6, 6.07) is 6.67. The van der Waals surface area contributed by atoms with E-state index in [1.54, 1.807) is 11.3 Å². The summed E-state index contributed by atoms with van der Waals surface area (Å²) in [5.41, 5.74) is 1.27. The maximum absolute atomic E-state index is 4.36. The monoisotopic (exact) mass is 388 g/mol. The summed E-state index contributed by atoms with van der Waals surface area (Å²) in [4.78, 5) is 4.36. The van der Waals surface area contributed by atoms with Gasteiger partial charge in [-0.3, -0.25) is 0 Å². The van der Waals surface area contributed by atoms with Gasteiger partial charge in [0.25, 0.3) is 0 Å². The Morgan fingerprint density at radius 3 is 2.56 bits per heavy atom. The van der Waals surface area contributed by atoms with E-state index in [0.717, 1.165) is 26.9 Å². The Hall–Kier alpha value is -0.230. The minimum absolute atomic E-state index is 0.301. The van der Waals surface area contributed by atoms with Gasteiger partial charge in [0.2, 0.25) is 0 Å². The predicted molar refractivity (Wildman–Crippen MR) is 84.1 cm³/mol. The quantitative estimate of drug-likeness (QED) is 0.810. The standard InChI is InChI=1S/C13H14Br2N2S/c1-2-16-12(8-13-17-3-4-18-13)9-5-10(14)7-11(15)6-9/h3-7,12,16H,2,8H2,1H3. The molecule has 2 nitrogen and oxygen atoms in total. The fourth-order valence-corrected chi connectivity index (χ4v) is 3.85. The van der Waals surface area contributed by atoms with Crippen LogP contribution < -0.4 is 5.32 Å². The van der Waals surface area contributed by atoms with Gasteiger partial charge < -0.3 is 5.32 Å². The molecule has 0 amide bonds. The van der Waals surface area contributed by atoms with Crippen LogP contribution in [0.4, 0.5) is 0 Å². The van der Waals surface area contributed by atoms with Crippen molar-refractivity contribution in [1.82, 2.24) is 10.3 Å². The van der Waals surface area contributed by atoms with Crippen LogP contribution in [-0.2, 0) is 6.42 Å². The van der Waals surface area contributed by atoms with Crippen molar-refractivity contribution in [2.24, 2.45) is 0 Å². The lowest BCUT2D eigenvalue weighted by Gasteiger charge is -2.18. The molecule has 18 heavy (non-hydrogen) atoms. The molecule has 1 unspecified atom stereocenters. The summed E-state index contributed by atoms with van der Waals surface area (Å²) in [5.74, 6) is 0. The molecule has 0 aliphatic heterocycles. The second kappa shape index (κ2) is 6.80. The SMILES string of the molecule is CCNC(Cc1nccs1)c1cc(Br)cc(Br)c1. The van der Waals surface area contributed by atoms with Crippen molar-refractivity contribution < 1.29 is 0 Å². The second-order valence-corrected chi connectivity index (χ2v) is 6.75. The van der Waals surface area contributed by atoms with Crippen LogP contribution in [0.3, 0.4) is 0 Å². The maximum atomic E-state index is 4.36. The average Bonchev–Trinajstić information content (AvgIpc) is 2.80. The van der Waals surface area contributed by atoms with Crippen LogP contribution in [-0.4, -0.2) is 11.5 Å². The molecule has 1 atom stereocenters. The summed E-state index contributed by atoms with van der Waals surface area (Å²) < 4.78 is 2.18. The third-order valence-electron chi connectivity index (χ3n) is 2.60. The average molecular weight is 390 g/mol. The first-order valence-electron chi connectivity index (χ1n) is 5.76. The highest BCUT2D eigenvalue weighted by Gasteiger charge is 2.13. The molecule has 1 aromatic carbocycles. The van der Waals surface area contributed by atoms with Crippen molar-refractivity contribution in [2.75, 3.05) is 6.54 Å². The molecule has 1 heterocycles. The lowest BCUT2D eigenvalue weighted by Crippen LogP contribution is -2.23. The van der Waals surface area contributed by atoms with Gasteiger partial charge >= 0.3 is 0 Å². The van der Waals surface area contributed by atoms with Crippen LogP contribution in [0.5, 0.6) is 0 Å². The van der Waals surface area contributed by atoms with Gasteiger partial charge in [-0.25, -0.2) is 4.98 Å². The minimum Gasteiger partial charge on any atom is -0.310 e. The molecule has 0 aliphatic rings. The van der Waals surface area contributed by atoms with Gasteiger partial charge in [-0.15, -0.1) is 11.3 Å². The first-order chi connectivity index (χ1) is 8.69. The van der Waals surface area contributed by atoms with E-state index in [4.69, 9.17) is 0 Å². The molecule has 1 N–H and O–H groups in total. The molecule has 96 valence electrons. The highest BCUT2D eigenvalue weighted by Crippen LogP contribution is 2.26. The molecular formula is C13H14Br2N2S. The lowest BCUT2D eigenvalue weighted by molar-refractivity contribution is 0.548. The zero-order chi connectivity index (χ0) is 13.0. The van der Waals surface area contributed by atoms with Gasteiger partial charge in [0.1, 0.15) is 0 Å². The minimum atomic E-state index is 0.301. The van der Waals surface area contributed by atoms with E-state index < -0.39 is 0 Å². The van der Waals surface area contributed by atoms with E-state index >= 15 is 0 Å². The Kier molecular flexibility index (Phi) is 5.36. The van der Waals surface area contributed by atoms with Crippen molar-refractivity contribution in [2.45, 2.75) is 19.4 Å². The molecule has 0 saturated heterocycles. The zero-order valence-corrected chi connectivity index (χ0v) is 14.0. The van der Waals surface area contributed by atoms with Gasteiger partial charge in [-0.1, -0.05) is 38.8 Å². The molecule has 0 spiro atoms. The fraction of sp³-hybridized carbons (Fsp3) is 0.308. The number of nitrogens with zero attached hydrogens (tertiary/aromatic N) is 1. The third kappa shape index (κ3) is 3.88. The number of rotatable bonds is 5. The van der Waals surface area contributed by atoms with Crippen LogP contribution >= 0.6 is 43.2 Å². The molecular weight excluding hydrogens is 376 g/mol. The van der Waals surface area contributed by atoms with Gasteiger partial charge in [-0.2, -0.15) is 0 Å². The van der Waals surface area contributed by atoms with E-state index in [1.807, 2.05) is 11.6 Å². The third-order valence-corrected chi connectivity index (χ3v) is 4.32. The molecule has 0 fully saturated rings. The number of hydrogen-bond acceptors (Lipinski definition) is 3. The number of nitrogens with one attached hydrogen (secondary N) is 1. The van der Waals surface area contributed by atoms with Crippen LogP contribution in [0.25, 0.3) is 0 Å². The Morgan fingerprint density at radius 1 is 1.28 bits per heavy atom. The van der Waals surface area contributed by atoms with E-state index in [0.29, 0.717) is 6.04 Å². The fourth-order valence-electron chi connectivity index (χ4n) is 1.86. The van der Waals surface area contributed by atoms with Crippen molar-refractivity contribution in [3.63, 3.8) is 0 Å². The topological polar surface area (TPSA) is 24.9 Å². The van der Waals surface area contributed by atoms with Crippen molar-refractivity contribution in [1.29, 1.82) is 0 Å². The van der Waals surface area contributed by atoms with Crippen LogP contribution in [0.2, 0.25) is 0 Å². The summed E-state index contributed by atoms with van der Waals surface area (Å²) >= 11 is 8.78. The summed E-state index contributed by atoms with van der Waals surface area (Å²) in [6.07, 6.45) is 2.79. The molecule has 0 aliphatic carbocycles. The van der Waals surface area contributed by atoms with Gasteiger partial charge in [0.15, 0.2) is 0 Å². The number of aromatic nitrogens is 1. The first kappa shape index (κ1) is 14.2. The number of thiazole rings is 1. The maximum Gasteiger partial charge on any atom is 0.0943 e. The molecule has 0 radical (unpaired) electrons. The Morgan fingerprint density at radius 2 is 2.00 bits per heavy atom. The van der Waals surface area contributed by atoms with Crippen molar-refractivity contribution in [3.05, 3.63) is 49.3 Å². The van der Waals surface area contributed by atoms with Crippen LogP contribution in [0.1, 0.15) is 23.5 Å². The van der Waals surface area contributed by atoms with E-state index in [-0.39, 0.29) is 0 Å². The number of hydrogen-bond donors (Lipinski definition) is 1. The number of halogens is 2. The summed E-state index contributed by atoms with van der Waals surface area (Å²) in [7, 11) is 0. The second-order valence-electron chi connectivity index (χ2n) is 3.94. The zero-order valence-electron chi connectivity index (χ0n) is 9.99. The summed E-state index contributed by atoms with van der Waals surface area (Å²) in [5, 5.41) is 6.70. The number of benzene rings is 1. The van der Waals surface area contributed by atoms with Gasteiger partial charge in [0.05, 0.1) is 5.01 Å². The van der Waals surface area contributed by atoms with Gasteiger partial charge in [-0.05, 0) is 30.3 Å².